The van der Waals surface area contributed by atoms with Crippen molar-refractivity contribution in [3.8, 4) is 0 Å². The number of unbranched alkanes of at least 4 members (excludes halogenated alkanes) is 1. The van der Waals surface area contributed by atoms with Crippen LogP contribution in [0.15, 0.2) is 23.4 Å². The van der Waals surface area contributed by atoms with Crippen molar-refractivity contribution in [2.24, 2.45) is 0 Å². The Kier molecular flexibility index (Phi) is 6.27. The molecular weight excluding hydrogens is 322 g/mol. The van der Waals surface area contributed by atoms with E-state index in [4.69, 9.17) is 0 Å². The molecule has 132 valence electrons. The van der Waals surface area contributed by atoms with Gasteiger partial charge in [0.05, 0.1) is 10.9 Å². The van der Waals surface area contributed by atoms with Crippen molar-refractivity contribution in [3.05, 3.63) is 18.3 Å². The molecule has 0 radical (unpaired) electrons. The Morgan fingerprint density at radius 1 is 1.42 bits per heavy atom. The molecule has 0 saturated carbocycles. The Hall–Kier alpha value is -1.56. The molecule has 2 heterocycles. The van der Waals surface area contributed by atoms with Crippen LogP contribution in [0.1, 0.15) is 53.4 Å². The Bertz CT molecular complexity index is 604. The predicted molar refractivity (Wildman–Crippen MR) is 98.3 cm³/mol. The van der Waals surface area contributed by atoms with E-state index < -0.39 is 5.25 Å². The predicted octanol–water partition coefficient (Wildman–Crippen LogP) is 3.38. The van der Waals surface area contributed by atoms with E-state index in [0.29, 0.717) is 6.54 Å². The van der Waals surface area contributed by atoms with Gasteiger partial charge in [-0.2, -0.15) is 0 Å². The van der Waals surface area contributed by atoms with E-state index in [9.17, 15) is 9.59 Å². The molecule has 0 spiro atoms. The molecule has 1 unspecified atom stereocenters. The Morgan fingerprint density at radius 2 is 2.17 bits per heavy atom. The Balaban J connectivity index is 2.14. The molecule has 1 atom stereocenters. The molecule has 0 fully saturated rings. The fraction of sp³-hybridized carbons (Fsp3) is 0.611. The Labute approximate surface area is 148 Å². The van der Waals surface area contributed by atoms with E-state index in [1.165, 1.54) is 11.8 Å². The number of aromatic nitrogens is 1. The first-order valence-corrected chi connectivity index (χ1v) is 9.50. The lowest BCUT2D eigenvalue weighted by molar-refractivity contribution is -0.126. The second-order valence-electron chi connectivity index (χ2n) is 6.77. The van der Waals surface area contributed by atoms with Crippen molar-refractivity contribution in [2.75, 3.05) is 11.4 Å². The number of anilines is 1. The van der Waals surface area contributed by atoms with E-state index in [0.717, 1.165) is 30.0 Å². The summed E-state index contributed by atoms with van der Waals surface area (Å²) in [5, 5.41) is 3.44. The summed E-state index contributed by atoms with van der Waals surface area (Å²) in [6.45, 7) is 8.79. The van der Waals surface area contributed by atoms with Crippen molar-refractivity contribution < 1.29 is 9.59 Å². The zero-order valence-corrected chi connectivity index (χ0v) is 15.8. The lowest BCUT2D eigenvalue weighted by atomic mass is 10.0. The third kappa shape index (κ3) is 4.50. The Morgan fingerprint density at radius 3 is 2.83 bits per heavy atom. The first kappa shape index (κ1) is 18.8. The molecule has 0 saturated heterocycles. The summed E-state index contributed by atoms with van der Waals surface area (Å²) in [7, 11) is 0. The number of amides is 2. The zero-order valence-electron chi connectivity index (χ0n) is 15.0. The molecular formula is C18H27N3O2S. The van der Waals surface area contributed by atoms with Crippen LogP contribution in [0.5, 0.6) is 0 Å². The number of pyridine rings is 1. The summed E-state index contributed by atoms with van der Waals surface area (Å²) >= 11 is 1.40. The van der Waals surface area contributed by atoms with E-state index in [1.54, 1.807) is 11.1 Å². The minimum Gasteiger partial charge on any atom is -0.351 e. The maximum absolute atomic E-state index is 12.9. The topological polar surface area (TPSA) is 62.3 Å². The quantitative estimate of drug-likeness (QED) is 0.820. The van der Waals surface area contributed by atoms with Crippen molar-refractivity contribution in [1.29, 1.82) is 0 Å². The molecule has 1 aliphatic rings. The van der Waals surface area contributed by atoms with Crippen LogP contribution in [0.3, 0.4) is 0 Å². The molecule has 0 aromatic carbocycles. The molecule has 1 N–H and O–H groups in total. The molecule has 2 amide bonds. The van der Waals surface area contributed by atoms with Gasteiger partial charge in [-0.25, -0.2) is 4.98 Å². The van der Waals surface area contributed by atoms with Gasteiger partial charge in [-0.15, -0.1) is 0 Å². The average molecular weight is 350 g/mol. The third-order valence-corrected chi connectivity index (χ3v) is 5.50. The minimum atomic E-state index is -0.406. The van der Waals surface area contributed by atoms with E-state index in [1.807, 2.05) is 32.9 Å². The highest BCUT2D eigenvalue weighted by Gasteiger charge is 2.35. The number of rotatable bonds is 7. The molecule has 6 heteroatoms. The van der Waals surface area contributed by atoms with Gasteiger partial charge in [-0.05, 0) is 38.8 Å². The van der Waals surface area contributed by atoms with Gasteiger partial charge in [0, 0.05) is 24.7 Å². The van der Waals surface area contributed by atoms with Gasteiger partial charge in [-0.3, -0.25) is 9.59 Å². The van der Waals surface area contributed by atoms with Gasteiger partial charge in [0.2, 0.25) is 11.8 Å². The van der Waals surface area contributed by atoms with Gasteiger partial charge in [0.25, 0.3) is 0 Å². The normalized spacial score (nSPS) is 17.6. The molecule has 1 aliphatic heterocycles. The smallest absolute Gasteiger partial charge is 0.241 e. The molecule has 1 aromatic rings. The van der Waals surface area contributed by atoms with Crippen LogP contribution in [0.25, 0.3) is 0 Å². The molecule has 24 heavy (non-hydrogen) atoms. The summed E-state index contributed by atoms with van der Waals surface area (Å²) < 4.78 is 0. The summed E-state index contributed by atoms with van der Waals surface area (Å²) in [4.78, 5) is 31.4. The standard InChI is InChI=1S/C18H27N3O2S/c1-5-7-11-21-13-9-8-10-19-16(13)24-14(17(21)23)12-15(22)20-18(3,4)6-2/h8-10,14H,5-7,11-12H2,1-4H3,(H,20,22). The summed E-state index contributed by atoms with van der Waals surface area (Å²) in [5.74, 6) is -0.0686. The van der Waals surface area contributed by atoms with Gasteiger partial charge in [0.15, 0.2) is 0 Å². The van der Waals surface area contributed by atoms with Gasteiger partial charge in [0.1, 0.15) is 5.03 Å². The molecule has 2 rings (SSSR count). The van der Waals surface area contributed by atoms with Crippen LogP contribution in [-0.4, -0.2) is 34.1 Å². The van der Waals surface area contributed by atoms with Crippen molar-refractivity contribution in [1.82, 2.24) is 10.3 Å². The van der Waals surface area contributed by atoms with Gasteiger partial charge in [-0.1, -0.05) is 32.0 Å². The van der Waals surface area contributed by atoms with Gasteiger partial charge < -0.3 is 10.2 Å². The molecule has 0 bridgehead atoms. The van der Waals surface area contributed by atoms with Crippen LogP contribution in [0, 0.1) is 0 Å². The van der Waals surface area contributed by atoms with Crippen LogP contribution in [0.2, 0.25) is 0 Å². The van der Waals surface area contributed by atoms with Crippen molar-refractivity contribution >= 4 is 29.3 Å². The third-order valence-electron chi connectivity index (χ3n) is 4.30. The van der Waals surface area contributed by atoms with E-state index >= 15 is 0 Å². The maximum atomic E-state index is 12.9. The first-order chi connectivity index (χ1) is 11.4. The van der Waals surface area contributed by atoms with E-state index in [-0.39, 0.29) is 23.8 Å². The van der Waals surface area contributed by atoms with Crippen molar-refractivity contribution in [2.45, 2.75) is 69.2 Å². The van der Waals surface area contributed by atoms with Gasteiger partial charge >= 0.3 is 0 Å². The lowest BCUT2D eigenvalue weighted by Crippen LogP contribution is -2.47. The monoisotopic (exact) mass is 349 g/mol. The second-order valence-corrected chi connectivity index (χ2v) is 7.96. The number of hydrogen-bond donors (Lipinski definition) is 1. The van der Waals surface area contributed by atoms with Crippen LogP contribution in [-0.2, 0) is 9.59 Å². The average Bonchev–Trinajstić information content (AvgIpc) is 2.54. The number of carbonyl (C=O) groups excluding carboxylic acids is 2. The number of fused-ring (bicyclic) bond motifs is 1. The number of nitrogens with zero attached hydrogens (tertiary/aromatic N) is 2. The SMILES string of the molecule is CCCCN1C(=O)C(CC(=O)NC(C)(C)CC)Sc2ncccc21. The minimum absolute atomic E-state index is 0.0124. The first-order valence-electron chi connectivity index (χ1n) is 8.62. The number of carbonyl (C=O) groups is 2. The largest absolute Gasteiger partial charge is 0.351 e. The van der Waals surface area contributed by atoms with Crippen LogP contribution in [0.4, 0.5) is 5.69 Å². The fourth-order valence-electron chi connectivity index (χ4n) is 2.52. The number of thioether (sulfide) groups is 1. The molecule has 5 nitrogen and oxygen atoms in total. The zero-order chi connectivity index (χ0) is 17.7. The highest BCUT2D eigenvalue weighted by Crippen LogP contribution is 2.38. The summed E-state index contributed by atoms with van der Waals surface area (Å²) in [6, 6.07) is 3.78. The highest BCUT2D eigenvalue weighted by molar-refractivity contribution is 8.00. The molecule has 0 aliphatic carbocycles. The maximum Gasteiger partial charge on any atom is 0.241 e. The summed E-state index contributed by atoms with van der Waals surface area (Å²) in [5.41, 5.74) is 0.615. The molecule has 1 aromatic heterocycles. The number of hydrogen-bond acceptors (Lipinski definition) is 4. The lowest BCUT2D eigenvalue weighted by Gasteiger charge is -2.33. The van der Waals surface area contributed by atoms with Crippen LogP contribution < -0.4 is 10.2 Å². The second kappa shape index (κ2) is 8.01. The summed E-state index contributed by atoms with van der Waals surface area (Å²) in [6.07, 6.45) is 4.72. The van der Waals surface area contributed by atoms with E-state index in [2.05, 4.69) is 17.2 Å². The number of nitrogens with one attached hydrogen (secondary N) is 1. The fourth-order valence-corrected chi connectivity index (χ4v) is 3.67. The van der Waals surface area contributed by atoms with Crippen molar-refractivity contribution in [3.63, 3.8) is 0 Å². The highest BCUT2D eigenvalue weighted by atomic mass is 32.2. The van der Waals surface area contributed by atoms with Crippen LogP contribution >= 0.6 is 11.8 Å².